The Morgan fingerprint density at radius 1 is 2.00 bits per heavy atom. The summed E-state index contributed by atoms with van der Waals surface area (Å²) in [6.45, 7) is 0. The largest absolute Gasteiger partial charge is 0.294 e. The van der Waals surface area contributed by atoms with Crippen LogP contribution in [0.25, 0.3) is 0 Å². The van der Waals surface area contributed by atoms with Crippen molar-refractivity contribution in [2.45, 2.75) is 0 Å². The lowest BCUT2D eigenvalue weighted by molar-refractivity contribution is 1.21. The number of hydrogen-bond donors (Lipinski definition) is 1. The maximum absolute atomic E-state index is 5.22. The van der Waals surface area contributed by atoms with E-state index >= 15 is 0 Å². The van der Waals surface area contributed by atoms with E-state index in [2.05, 4.69) is 4.99 Å². The van der Waals surface area contributed by atoms with Gasteiger partial charge in [0.25, 0.3) is 0 Å². The Kier molecular flexibility index (Phi) is 1.12. The summed E-state index contributed by atoms with van der Waals surface area (Å²) < 4.78 is 0. The second kappa shape index (κ2) is 1.62. The average molecular weight is 101 g/mol. The molecule has 1 rings (SSSR count). The molecule has 0 bridgehead atoms. The first-order valence-electron chi connectivity index (χ1n) is 1.67. The molecule has 0 aliphatic carbocycles. The second-order valence-corrected chi connectivity index (χ2v) is 2.00. The van der Waals surface area contributed by atoms with Crippen molar-refractivity contribution in [3.8, 4) is 0 Å². The predicted molar refractivity (Wildman–Crippen MR) is 28.4 cm³/mol. The Balaban J connectivity index is 2.38. The minimum atomic E-state index is 0.690. The molecule has 3 heteroatoms. The van der Waals surface area contributed by atoms with Crippen molar-refractivity contribution in [1.82, 2.24) is 0 Å². The van der Waals surface area contributed by atoms with Crippen LogP contribution in [0.2, 0.25) is 0 Å². The van der Waals surface area contributed by atoms with Crippen molar-refractivity contribution in [1.29, 1.82) is 0 Å². The van der Waals surface area contributed by atoms with Gasteiger partial charge in [0, 0.05) is 12.0 Å². The first kappa shape index (κ1) is 4.15. The normalized spacial score (nSPS) is 22.8. The highest BCUT2D eigenvalue weighted by Gasteiger charge is 2.03. The van der Waals surface area contributed by atoms with Crippen LogP contribution in [-0.4, -0.2) is 12.0 Å². The van der Waals surface area contributed by atoms with Gasteiger partial charge in [0.2, 0.25) is 5.50 Å². The Labute approximate surface area is 40.8 Å². The molecule has 0 aromatic carbocycles. The van der Waals surface area contributed by atoms with Gasteiger partial charge in [0.15, 0.2) is 0 Å². The molecule has 0 aromatic heterocycles. The van der Waals surface area contributed by atoms with E-state index in [1.165, 1.54) is 0 Å². The van der Waals surface area contributed by atoms with Crippen LogP contribution in [0.1, 0.15) is 0 Å². The van der Waals surface area contributed by atoms with Crippen LogP contribution in [0, 0.1) is 5.50 Å². The van der Waals surface area contributed by atoms with Gasteiger partial charge in [-0.1, -0.05) is 0 Å². The van der Waals surface area contributed by atoms with E-state index in [1.807, 2.05) is 0 Å². The van der Waals surface area contributed by atoms with Crippen LogP contribution < -0.4 is 5.73 Å². The summed E-state index contributed by atoms with van der Waals surface area (Å²) in [6, 6.07) is 0. The summed E-state index contributed by atoms with van der Waals surface area (Å²) in [6.07, 6.45) is 1.81. The zero-order valence-electron chi connectivity index (χ0n) is 3.22. The third kappa shape index (κ3) is 0.725. The predicted octanol–water partition coefficient (Wildman–Crippen LogP) is 0.210. The van der Waals surface area contributed by atoms with Crippen molar-refractivity contribution in [3.63, 3.8) is 0 Å². The Hall–Kier alpha value is -0.0200. The molecule has 2 N–H and O–H groups in total. The molecule has 33 valence electrons. The van der Waals surface area contributed by atoms with Crippen LogP contribution in [0.3, 0.4) is 0 Å². The molecule has 0 aromatic rings. The van der Waals surface area contributed by atoms with Crippen LogP contribution in [0.15, 0.2) is 4.99 Å². The molecule has 2 nitrogen and oxygen atoms in total. The Bertz CT molecular complexity index is 71.2. The highest BCUT2D eigenvalue weighted by atomic mass is 32.2. The molecule has 0 atom stereocenters. The molecule has 0 saturated carbocycles. The summed E-state index contributed by atoms with van der Waals surface area (Å²) in [5.74, 6) is 0.950. The molecule has 1 aliphatic rings. The average Bonchev–Trinajstić information content (AvgIpc) is 1.86. The number of aliphatic imine (C=N–C) groups is 1. The summed E-state index contributed by atoms with van der Waals surface area (Å²) in [7, 11) is 0. The van der Waals surface area contributed by atoms with E-state index in [1.54, 1.807) is 18.0 Å². The summed E-state index contributed by atoms with van der Waals surface area (Å²) >= 11 is 1.57. The fourth-order valence-electron chi connectivity index (χ4n) is 0.287. The molecule has 1 aliphatic heterocycles. The van der Waals surface area contributed by atoms with E-state index in [-0.39, 0.29) is 0 Å². The maximum atomic E-state index is 5.22. The molecule has 6 heavy (non-hydrogen) atoms. The van der Waals surface area contributed by atoms with Gasteiger partial charge in [0.05, 0.1) is 0 Å². The topological polar surface area (TPSA) is 38.4 Å². The van der Waals surface area contributed by atoms with E-state index in [4.69, 9.17) is 5.73 Å². The zero-order valence-corrected chi connectivity index (χ0v) is 4.03. The number of nitrogens with zero attached hydrogens (tertiary/aromatic N) is 1. The van der Waals surface area contributed by atoms with Crippen molar-refractivity contribution < 1.29 is 0 Å². The number of hydrogen-bond acceptors (Lipinski definition) is 3. The number of thioether (sulfide) groups is 1. The van der Waals surface area contributed by atoms with Crippen LogP contribution in [-0.2, 0) is 0 Å². The second-order valence-electron chi connectivity index (χ2n) is 0.961. The van der Waals surface area contributed by atoms with E-state index in [0.717, 1.165) is 5.75 Å². The van der Waals surface area contributed by atoms with Gasteiger partial charge in [-0.25, -0.2) is 0 Å². The van der Waals surface area contributed by atoms with Gasteiger partial charge < -0.3 is 0 Å². The summed E-state index contributed by atoms with van der Waals surface area (Å²) in [5.41, 5.74) is 5.91. The lowest BCUT2D eigenvalue weighted by Crippen LogP contribution is -1.95. The molecular weight excluding hydrogens is 96.1 g/mol. The third-order valence-electron chi connectivity index (χ3n) is 0.524. The highest BCUT2D eigenvalue weighted by molar-refractivity contribution is 8.02. The minimum absolute atomic E-state index is 0.690. The minimum Gasteiger partial charge on any atom is -0.294 e. The van der Waals surface area contributed by atoms with Gasteiger partial charge in [-0.05, 0) is 0 Å². The SMILES string of the molecule is N[C]1N=CCS1. The first-order valence-corrected chi connectivity index (χ1v) is 2.66. The lowest BCUT2D eigenvalue weighted by atomic mass is 10.9. The maximum Gasteiger partial charge on any atom is 0.203 e. The molecular formula is C3H5N2S. The highest BCUT2D eigenvalue weighted by Crippen LogP contribution is 2.16. The van der Waals surface area contributed by atoms with Gasteiger partial charge in [-0.2, -0.15) is 0 Å². The third-order valence-corrected chi connectivity index (χ3v) is 1.24. The monoisotopic (exact) mass is 101 g/mol. The molecule has 0 amide bonds. The first-order chi connectivity index (χ1) is 2.89. The molecule has 0 saturated heterocycles. The summed E-state index contributed by atoms with van der Waals surface area (Å²) in [4.78, 5) is 3.77. The van der Waals surface area contributed by atoms with E-state index in [9.17, 15) is 0 Å². The van der Waals surface area contributed by atoms with Crippen molar-refractivity contribution >= 4 is 18.0 Å². The molecule has 0 fully saturated rings. The quantitative estimate of drug-likeness (QED) is 0.473. The van der Waals surface area contributed by atoms with Gasteiger partial charge >= 0.3 is 0 Å². The van der Waals surface area contributed by atoms with Gasteiger partial charge in [-0.15, -0.1) is 11.8 Å². The fraction of sp³-hybridized carbons (Fsp3) is 0.333. The van der Waals surface area contributed by atoms with Crippen LogP contribution in [0.4, 0.5) is 0 Å². The lowest BCUT2D eigenvalue weighted by Gasteiger charge is -1.87. The number of rotatable bonds is 0. The zero-order chi connectivity index (χ0) is 4.41. The molecule has 1 radical (unpaired) electrons. The van der Waals surface area contributed by atoms with E-state index < -0.39 is 0 Å². The van der Waals surface area contributed by atoms with Crippen molar-refractivity contribution in [2.75, 3.05) is 5.75 Å². The van der Waals surface area contributed by atoms with Crippen molar-refractivity contribution in [3.05, 3.63) is 5.50 Å². The molecule has 0 spiro atoms. The Morgan fingerprint density at radius 2 is 2.83 bits per heavy atom. The van der Waals surface area contributed by atoms with Crippen LogP contribution in [0.5, 0.6) is 0 Å². The van der Waals surface area contributed by atoms with Gasteiger partial charge in [0.1, 0.15) is 0 Å². The van der Waals surface area contributed by atoms with Crippen LogP contribution >= 0.6 is 11.8 Å². The fourth-order valence-corrected chi connectivity index (χ4v) is 0.756. The Morgan fingerprint density at radius 3 is 3.00 bits per heavy atom. The molecule has 1 heterocycles. The summed E-state index contributed by atoms with van der Waals surface area (Å²) in [5, 5.41) is 0. The number of nitrogens with two attached hydrogens (primary N) is 1. The smallest absolute Gasteiger partial charge is 0.203 e. The molecule has 0 unspecified atom stereocenters. The standard InChI is InChI=1S/C3H5N2S/c4-3-5-1-2-6-3/h1H,2,4H2. The van der Waals surface area contributed by atoms with E-state index in [0.29, 0.717) is 5.50 Å². The van der Waals surface area contributed by atoms with Gasteiger partial charge in [-0.3, -0.25) is 10.7 Å². The van der Waals surface area contributed by atoms with Crippen molar-refractivity contribution in [2.24, 2.45) is 10.7 Å².